The van der Waals surface area contributed by atoms with E-state index >= 15 is 0 Å². The van der Waals surface area contributed by atoms with E-state index in [1.165, 1.54) is 5.56 Å². The highest BCUT2D eigenvalue weighted by Crippen LogP contribution is 2.31. The number of likely N-dealkylation sites (tertiary alicyclic amines) is 1. The Hall–Kier alpha value is -1.97. The normalized spacial score (nSPS) is 17.0. The molecule has 1 saturated heterocycles. The lowest BCUT2D eigenvalue weighted by Crippen LogP contribution is -2.41. The van der Waals surface area contributed by atoms with Crippen LogP contribution in [0.5, 0.6) is 0 Å². The van der Waals surface area contributed by atoms with Crippen LogP contribution in [-0.2, 0) is 4.74 Å². The number of furan rings is 1. The molecule has 1 aromatic heterocycles. The molecule has 0 N–H and O–H groups in total. The lowest BCUT2D eigenvalue weighted by molar-refractivity contribution is 0.0205. The summed E-state index contributed by atoms with van der Waals surface area (Å²) in [6.07, 6.45) is 3.45. The molecule has 3 rings (SSSR count). The van der Waals surface area contributed by atoms with Gasteiger partial charge in [-0.15, -0.1) is 0 Å². The second kappa shape index (κ2) is 5.67. The van der Waals surface area contributed by atoms with Crippen molar-refractivity contribution in [2.45, 2.75) is 45.1 Å². The van der Waals surface area contributed by atoms with Crippen molar-refractivity contribution < 1.29 is 13.9 Å². The third-order valence-electron chi connectivity index (χ3n) is 4.10. The van der Waals surface area contributed by atoms with Gasteiger partial charge in [0, 0.05) is 18.5 Å². The largest absolute Gasteiger partial charge is 0.464 e. The Morgan fingerprint density at radius 3 is 2.64 bits per heavy atom. The minimum Gasteiger partial charge on any atom is -0.464 e. The van der Waals surface area contributed by atoms with Gasteiger partial charge in [-0.25, -0.2) is 4.79 Å². The van der Waals surface area contributed by atoms with Crippen LogP contribution in [0.4, 0.5) is 4.79 Å². The summed E-state index contributed by atoms with van der Waals surface area (Å²) in [6.45, 7) is 7.19. The van der Waals surface area contributed by atoms with Gasteiger partial charge in [0.05, 0.1) is 6.26 Å². The molecule has 2 aromatic rings. The Kier molecular flexibility index (Phi) is 3.85. The molecule has 1 aliphatic heterocycles. The molecule has 2 heterocycles. The SMILES string of the molecule is CC(C)(C)OC(=O)N1CCC(c2ccc3ccoc3c2)CC1. The average Bonchev–Trinajstić information content (AvgIpc) is 2.93. The maximum absolute atomic E-state index is 12.1. The zero-order valence-electron chi connectivity index (χ0n) is 13.5. The molecule has 4 nitrogen and oxygen atoms in total. The maximum atomic E-state index is 12.1. The molecule has 1 aliphatic rings. The van der Waals surface area contributed by atoms with Crippen LogP contribution in [-0.4, -0.2) is 29.7 Å². The standard InChI is InChI=1S/C18H23NO3/c1-18(2,3)22-17(20)19-9-6-13(7-10-19)15-5-4-14-8-11-21-16(14)12-15/h4-5,8,11-13H,6-7,9-10H2,1-3H3. The summed E-state index contributed by atoms with van der Waals surface area (Å²) >= 11 is 0. The number of rotatable bonds is 1. The number of hydrogen-bond acceptors (Lipinski definition) is 3. The summed E-state index contributed by atoms with van der Waals surface area (Å²) in [4.78, 5) is 13.9. The van der Waals surface area contributed by atoms with Gasteiger partial charge in [0.15, 0.2) is 0 Å². The second-order valence-electron chi connectivity index (χ2n) is 6.96. The molecule has 118 valence electrons. The first-order chi connectivity index (χ1) is 10.4. The summed E-state index contributed by atoms with van der Waals surface area (Å²) in [5.74, 6) is 0.480. The fourth-order valence-corrected chi connectivity index (χ4v) is 2.95. The monoisotopic (exact) mass is 301 g/mol. The zero-order valence-corrected chi connectivity index (χ0v) is 13.5. The van der Waals surface area contributed by atoms with Crippen molar-refractivity contribution in [3.8, 4) is 0 Å². The smallest absolute Gasteiger partial charge is 0.410 e. The van der Waals surface area contributed by atoms with Gasteiger partial charge in [-0.3, -0.25) is 0 Å². The Bertz CT molecular complexity index is 660. The lowest BCUT2D eigenvalue weighted by Gasteiger charge is -2.33. The Morgan fingerprint density at radius 1 is 1.23 bits per heavy atom. The fourth-order valence-electron chi connectivity index (χ4n) is 2.95. The van der Waals surface area contributed by atoms with Crippen molar-refractivity contribution in [3.63, 3.8) is 0 Å². The lowest BCUT2D eigenvalue weighted by atomic mass is 9.89. The molecule has 1 aromatic carbocycles. The van der Waals surface area contributed by atoms with Crippen LogP contribution in [0.15, 0.2) is 34.9 Å². The van der Waals surface area contributed by atoms with Gasteiger partial charge < -0.3 is 14.1 Å². The third kappa shape index (κ3) is 3.26. The van der Waals surface area contributed by atoms with Crippen molar-refractivity contribution in [1.29, 1.82) is 0 Å². The number of carbonyl (C=O) groups is 1. The van der Waals surface area contributed by atoms with E-state index in [4.69, 9.17) is 9.15 Å². The van der Waals surface area contributed by atoms with Gasteiger partial charge in [-0.05, 0) is 57.2 Å². The first kappa shape index (κ1) is 14.9. The Labute approximate surface area is 131 Å². The highest BCUT2D eigenvalue weighted by Gasteiger charge is 2.27. The van der Waals surface area contributed by atoms with E-state index < -0.39 is 5.60 Å². The highest BCUT2D eigenvalue weighted by molar-refractivity contribution is 5.77. The van der Waals surface area contributed by atoms with Crippen LogP contribution < -0.4 is 0 Å². The minimum atomic E-state index is -0.432. The summed E-state index contributed by atoms with van der Waals surface area (Å²) in [6, 6.07) is 8.38. The van der Waals surface area contributed by atoms with E-state index in [0.717, 1.165) is 36.9 Å². The number of hydrogen-bond donors (Lipinski definition) is 0. The molecule has 0 saturated carbocycles. The van der Waals surface area contributed by atoms with Gasteiger partial charge >= 0.3 is 6.09 Å². The number of amides is 1. The first-order valence-electron chi connectivity index (χ1n) is 7.87. The van der Waals surface area contributed by atoms with E-state index in [2.05, 4.69) is 18.2 Å². The molecule has 0 spiro atoms. The zero-order chi connectivity index (χ0) is 15.7. The van der Waals surface area contributed by atoms with Crippen molar-refractivity contribution >= 4 is 17.1 Å². The topological polar surface area (TPSA) is 42.7 Å². The fraction of sp³-hybridized carbons (Fsp3) is 0.500. The molecule has 4 heteroatoms. The van der Waals surface area contributed by atoms with Gasteiger partial charge in [0.2, 0.25) is 0 Å². The predicted molar refractivity (Wildman–Crippen MR) is 86.0 cm³/mol. The van der Waals surface area contributed by atoms with Crippen LogP contribution in [0.2, 0.25) is 0 Å². The van der Waals surface area contributed by atoms with Crippen molar-refractivity contribution in [2.24, 2.45) is 0 Å². The third-order valence-corrected chi connectivity index (χ3v) is 4.10. The Morgan fingerprint density at radius 2 is 1.95 bits per heavy atom. The molecular weight excluding hydrogens is 278 g/mol. The molecule has 0 bridgehead atoms. The van der Waals surface area contributed by atoms with E-state index in [-0.39, 0.29) is 6.09 Å². The van der Waals surface area contributed by atoms with E-state index in [0.29, 0.717) is 5.92 Å². The summed E-state index contributed by atoms with van der Waals surface area (Å²) < 4.78 is 10.9. The number of nitrogens with zero attached hydrogens (tertiary/aromatic N) is 1. The number of carbonyl (C=O) groups excluding carboxylic acids is 1. The highest BCUT2D eigenvalue weighted by atomic mass is 16.6. The van der Waals surface area contributed by atoms with Crippen LogP contribution in [0.25, 0.3) is 11.0 Å². The minimum absolute atomic E-state index is 0.201. The summed E-state index contributed by atoms with van der Waals surface area (Å²) in [7, 11) is 0. The number of ether oxygens (including phenoxy) is 1. The van der Waals surface area contributed by atoms with Crippen LogP contribution in [0.1, 0.15) is 45.1 Å². The van der Waals surface area contributed by atoms with Gasteiger partial charge in [0.1, 0.15) is 11.2 Å². The Balaban J connectivity index is 1.62. The van der Waals surface area contributed by atoms with Crippen LogP contribution in [0.3, 0.4) is 0 Å². The van der Waals surface area contributed by atoms with Crippen molar-refractivity contribution in [3.05, 3.63) is 36.1 Å². The molecule has 1 fully saturated rings. The predicted octanol–water partition coefficient (Wildman–Crippen LogP) is 4.55. The molecule has 0 radical (unpaired) electrons. The molecule has 1 amide bonds. The second-order valence-corrected chi connectivity index (χ2v) is 6.96. The molecule has 0 unspecified atom stereocenters. The molecule has 0 aliphatic carbocycles. The quantitative estimate of drug-likeness (QED) is 0.776. The van der Waals surface area contributed by atoms with Gasteiger partial charge in [-0.2, -0.15) is 0 Å². The van der Waals surface area contributed by atoms with E-state index in [1.54, 1.807) is 6.26 Å². The van der Waals surface area contributed by atoms with Gasteiger partial charge in [-0.1, -0.05) is 12.1 Å². The van der Waals surface area contributed by atoms with Crippen LogP contribution in [0, 0.1) is 0 Å². The first-order valence-corrected chi connectivity index (χ1v) is 7.87. The number of piperidine rings is 1. The molecule has 22 heavy (non-hydrogen) atoms. The molecule has 0 atom stereocenters. The summed E-state index contributed by atoms with van der Waals surface area (Å²) in [5, 5.41) is 1.13. The van der Waals surface area contributed by atoms with E-state index in [1.807, 2.05) is 31.7 Å². The summed E-state index contributed by atoms with van der Waals surface area (Å²) in [5.41, 5.74) is 1.80. The number of fused-ring (bicyclic) bond motifs is 1. The number of benzene rings is 1. The van der Waals surface area contributed by atoms with Gasteiger partial charge in [0.25, 0.3) is 0 Å². The van der Waals surface area contributed by atoms with Crippen molar-refractivity contribution in [1.82, 2.24) is 4.90 Å². The van der Waals surface area contributed by atoms with Crippen molar-refractivity contribution in [2.75, 3.05) is 13.1 Å². The molecular formula is C18H23NO3. The average molecular weight is 301 g/mol. The van der Waals surface area contributed by atoms with Crippen LogP contribution >= 0.6 is 0 Å². The maximum Gasteiger partial charge on any atom is 0.410 e. The van der Waals surface area contributed by atoms with E-state index in [9.17, 15) is 4.79 Å².